The molecule has 3 heterocycles. The van der Waals surface area contributed by atoms with Gasteiger partial charge in [0.15, 0.2) is 0 Å². The molecule has 0 aliphatic carbocycles. The Hall–Kier alpha value is -4.35. The Balaban J connectivity index is 1.46. The van der Waals surface area contributed by atoms with E-state index in [1.807, 2.05) is 36.4 Å². The van der Waals surface area contributed by atoms with E-state index in [1.54, 1.807) is 0 Å². The third-order valence-corrected chi connectivity index (χ3v) is 7.62. The summed E-state index contributed by atoms with van der Waals surface area (Å²) in [6, 6.07) is 14.1. The van der Waals surface area contributed by atoms with Crippen LogP contribution in [0.3, 0.4) is 0 Å². The minimum Gasteiger partial charge on any atom is -0.476 e. The zero-order chi connectivity index (χ0) is 30.8. The summed E-state index contributed by atoms with van der Waals surface area (Å²) in [5.41, 5.74) is -2.43. The molecule has 0 spiro atoms. The fourth-order valence-electron chi connectivity index (χ4n) is 5.47. The molecule has 2 amide bonds. The number of halogens is 6. The lowest BCUT2D eigenvalue weighted by atomic mass is 9.89. The molecule has 2 aliphatic rings. The number of carbonyl (C=O) groups is 2. The number of pyridine rings is 1. The van der Waals surface area contributed by atoms with Crippen LogP contribution in [0.2, 0.25) is 0 Å². The van der Waals surface area contributed by atoms with Crippen LogP contribution in [0.15, 0.2) is 79.1 Å². The third kappa shape index (κ3) is 6.52. The summed E-state index contributed by atoms with van der Waals surface area (Å²) in [6.07, 6.45) is -4.90. The molecule has 2 aromatic carbocycles. The smallest absolute Gasteiger partial charge is 0.417 e. The van der Waals surface area contributed by atoms with E-state index in [-0.39, 0.29) is 31.7 Å². The van der Waals surface area contributed by atoms with Gasteiger partial charge in [-0.05, 0) is 60.7 Å². The first-order chi connectivity index (χ1) is 20.4. The number of nitrogens with zero attached hydrogens (tertiary/aromatic N) is 3. The molecule has 1 unspecified atom stereocenters. The van der Waals surface area contributed by atoms with Gasteiger partial charge >= 0.3 is 12.4 Å². The summed E-state index contributed by atoms with van der Waals surface area (Å²) < 4.78 is 86.7. The van der Waals surface area contributed by atoms with Crippen molar-refractivity contribution in [1.29, 1.82) is 0 Å². The topological polar surface area (TPSA) is 62.7 Å². The van der Waals surface area contributed by atoms with Gasteiger partial charge in [0, 0.05) is 32.0 Å². The number of carbonyl (C=O) groups excluding carboxylic acids is 2. The molecule has 0 bridgehead atoms. The lowest BCUT2D eigenvalue weighted by Gasteiger charge is -2.44. The molecule has 5 rings (SSSR count). The van der Waals surface area contributed by atoms with Gasteiger partial charge in [0.05, 0.1) is 23.2 Å². The van der Waals surface area contributed by atoms with Gasteiger partial charge in [-0.1, -0.05) is 36.4 Å². The van der Waals surface area contributed by atoms with Gasteiger partial charge in [-0.3, -0.25) is 14.6 Å². The second kappa shape index (κ2) is 11.7. The van der Waals surface area contributed by atoms with Crippen LogP contribution in [0, 0.1) is 0 Å². The number of piperidine rings is 1. The molecule has 2 aliphatic heterocycles. The molecule has 6 nitrogen and oxygen atoms in total. The predicted molar refractivity (Wildman–Crippen MR) is 145 cm³/mol. The van der Waals surface area contributed by atoms with Crippen LogP contribution in [0.5, 0.6) is 5.75 Å². The number of rotatable bonds is 5. The van der Waals surface area contributed by atoms with Crippen molar-refractivity contribution < 1.29 is 40.7 Å². The van der Waals surface area contributed by atoms with E-state index in [0.29, 0.717) is 19.0 Å². The van der Waals surface area contributed by atoms with Crippen molar-refractivity contribution in [3.05, 3.63) is 101 Å². The standard InChI is InChI=1S/C31H27F6N3O3/c32-30(33,34)23-7-9-24(10-8-23)43-29(28(42)39-17-12-22(13-18-39)21-5-2-1-3-6-21)14-4-16-40(20-29)27(41)25-19-38-15-11-26(25)31(35,36)37/h1-3,5-12,15,19H,4,13-14,16-18,20H2. The predicted octanol–water partition coefficient (Wildman–Crippen LogP) is 6.49. The first kappa shape index (κ1) is 30.1. The van der Waals surface area contributed by atoms with Crippen molar-refractivity contribution in [3.8, 4) is 5.75 Å². The van der Waals surface area contributed by atoms with E-state index in [2.05, 4.69) is 4.98 Å². The largest absolute Gasteiger partial charge is 0.476 e. The van der Waals surface area contributed by atoms with Crippen LogP contribution in [0.1, 0.15) is 46.3 Å². The first-order valence-corrected chi connectivity index (χ1v) is 13.6. The van der Waals surface area contributed by atoms with E-state index in [1.165, 1.54) is 4.90 Å². The van der Waals surface area contributed by atoms with E-state index >= 15 is 0 Å². The number of ether oxygens (including phenoxy) is 1. The maximum atomic E-state index is 14.1. The zero-order valence-corrected chi connectivity index (χ0v) is 22.8. The summed E-state index contributed by atoms with van der Waals surface area (Å²) >= 11 is 0. The quantitative estimate of drug-likeness (QED) is 0.313. The number of alkyl halides is 6. The molecular weight excluding hydrogens is 576 g/mol. The fourth-order valence-corrected chi connectivity index (χ4v) is 5.47. The normalized spacial score (nSPS) is 19.5. The average molecular weight is 604 g/mol. The van der Waals surface area contributed by atoms with E-state index in [0.717, 1.165) is 52.7 Å². The molecule has 1 atom stereocenters. The monoisotopic (exact) mass is 603 g/mol. The number of hydrogen-bond donors (Lipinski definition) is 0. The number of aromatic nitrogens is 1. The second-order valence-corrected chi connectivity index (χ2v) is 10.5. The highest BCUT2D eigenvalue weighted by molar-refractivity contribution is 5.97. The maximum absolute atomic E-state index is 14.1. The van der Waals surface area contributed by atoms with Crippen LogP contribution >= 0.6 is 0 Å². The van der Waals surface area contributed by atoms with E-state index in [4.69, 9.17) is 4.74 Å². The summed E-state index contributed by atoms with van der Waals surface area (Å²) in [6.45, 7) is 0.181. The molecule has 0 N–H and O–H groups in total. The Morgan fingerprint density at radius 3 is 2.21 bits per heavy atom. The van der Waals surface area contributed by atoms with Crippen molar-refractivity contribution in [2.75, 3.05) is 26.2 Å². The Morgan fingerprint density at radius 2 is 1.58 bits per heavy atom. The van der Waals surface area contributed by atoms with Gasteiger partial charge in [-0.2, -0.15) is 26.3 Å². The molecule has 43 heavy (non-hydrogen) atoms. The lowest BCUT2D eigenvalue weighted by Crippen LogP contribution is -2.62. The highest BCUT2D eigenvalue weighted by Crippen LogP contribution is 2.36. The summed E-state index contributed by atoms with van der Waals surface area (Å²) in [4.78, 5) is 33.9. The maximum Gasteiger partial charge on any atom is 0.417 e. The van der Waals surface area contributed by atoms with Gasteiger partial charge < -0.3 is 14.5 Å². The number of amides is 2. The first-order valence-electron chi connectivity index (χ1n) is 13.6. The molecule has 1 aromatic heterocycles. The van der Waals surface area contributed by atoms with Gasteiger partial charge in [-0.25, -0.2) is 0 Å². The average Bonchev–Trinajstić information content (AvgIpc) is 3.00. The number of benzene rings is 2. The highest BCUT2D eigenvalue weighted by atomic mass is 19.4. The van der Waals surface area contributed by atoms with Crippen LogP contribution in [-0.2, 0) is 17.1 Å². The Kier molecular flexibility index (Phi) is 8.22. The molecule has 1 fully saturated rings. The minimum atomic E-state index is -4.82. The van der Waals surface area contributed by atoms with E-state index in [9.17, 15) is 35.9 Å². The number of likely N-dealkylation sites (tertiary alicyclic amines) is 1. The van der Waals surface area contributed by atoms with Crippen molar-refractivity contribution in [2.45, 2.75) is 37.2 Å². The summed E-state index contributed by atoms with van der Waals surface area (Å²) in [7, 11) is 0. The summed E-state index contributed by atoms with van der Waals surface area (Å²) in [5, 5.41) is 0. The van der Waals surface area contributed by atoms with Crippen LogP contribution in [-0.4, -0.2) is 58.4 Å². The van der Waals surface area contributed by atoms with Crippen molar-refractivity contribution in [3.63, 3.8) is 0 Å². The van der Waals surface area contributed by atoms with Gasteiger partial charge in [0.2, 0.25) is 5.60 Å². The zero-order valence-electron chi connectivity index (χ0n) is 22.8. The van der Waals surface area contributed by atoms with Gasteiger partial charge in [-0.15, -0.1) is 0 Å². The second-order valence-electron chi connectivity index (χ2n) is 10.5. The van der Waals surface area contributed by atoms with Crippen molar-refractivity contribution in [2.24, 2.45) is 0 Å². The highest BCUT2D eigenvalue weighted by Gasteiger charge is 2.49. The molecule has 226 valence electrons. The minimum absolute atomic E-state index is 0.0365. The van der Waals surface area contributed by atoms with Crippen LogP contribution in [0.25, 0.3) is 5.57 Å². The fraction of sp³-hybridized carbons (Fsp3) is 0.323. The van der Waals surface area contributed by atoms with Crippen molar-refractivity contribution in [1.82, 2.24) is 14.8 Å². The van der Waals surface area contributed by atoms with Crippen LogP contribution < -0.4 is 4.74 Å². The SMILES string of the molecule is O=C(c1cnccc1C(F)(F)F)N1CCCC(Oc2ccc(C(F)(F)F)cc2)(C(=O)N2CC=C(c3ccccc3)CC2)C1. The Labute approximate surface area is 243 Å². The van der Waals surface area contributed by atoms with E-state index < -0.39 is 53.0 Å². The molecule has 0 saturated carbocycles. The summed E-state index contributed by atoms with van der Waals surface area (Å²) in [5.74, 6) is -1.51. The van der Waals surface area contributed by atoms with Gasteiger partial charge in [0.1, 0.15) is 5.75 Å². The molecule has 1 saturated heterocycles. The molecule has 12 heteroatoms. The van der Waals surface area contributed by atoms with Crippen molar-refractivity contribution >= 4 is 17.4 Å². The van der Waals surface area contributed by atoms with Crippen LogP contribution in [0.4, 0.5) is 26.3 Å². The Bertz CT molecular complexity index is 1510. The molecule has 3 aromatic rings. The number of hydrogen-bond acceptors (Lipinski definition) is 4. The lowest BCUT2D eigenvalue weighted by molar-refractivity contribution is -0.152. The third-order valence-electron chi connectivity index (χ3n) is 7.62. The molecule has 0 radical (unpaired) electrons. The van der Waals surface area contributed by atoms with Gasteiger partial charge in [0.25, 0.3) is 11.8 Å². The molecular formula is C31H27F6N3O3. The Morgan fingerprint density at radius 1 is 0.860 bits per heavy atom.